The number of unbranched alkanes of at least 4 members (excludes halogenated alkanes) is 2. The summed E-state index contributed by atoms with van der Waals surface area (Å²) in [5, 5.41) is 4.82. The van der Waals surface area contributed by atoms with Crippen molar-refractivity contribution < 1.29 is 18.4 Å². The SMILES string of the molecule is NC(=O)NCCCCCC(=O)Nc1ccc(F)cc1F. The molecule has 5 nitrogen and oxygen atoms in total. The van der Waals surface area contributed by atoms with Gasteiger partial charge in [-0.15, -0.1) is 0 Å². The number of hydrogen-bond donors (Lipinski definition) is 3. The van der Waals surface area contributed by atoms with E-state index in [2.05, 4.69) is 10.6 Å². The van der Waals surface area contributed by atoms with Gasteiger partial charge in [0, 0.05) is 19.0 Å². The molecule has 0 atom stereocenters. The molecular formula is C13H17F2N3O2. The van der Waals surface area contributed by atoms with Gasteiger partial charge >= 0.3 is 6.03 Å². The van der Waals surface area contributed by atoms with Crippen molar-refractivity contribution >= 4 is 17.6 Å². The Morgan fingerprint density at radius 3 is 2.55 bits per heavy atom. The van der Waals surface area contributed by atoms with Crippen molar-refractivity contribution in [2.75, 3.05) is 11.9 Å². The molecule has 0 aliphatic carbocycles. The van der Waals surface area contributed by atoms with Crippen LogP contribution < -0.4 is 16.4 Å². The van der Waals surface area contributed by atoms with E-state index in [0.717, 1.165) is 12.5 Å². The van der Waals surface area contributed by atoms with Crippen LogP contribution in [-0.2, 0) is 4.79 Å². The van der Waals surface area contributed by atoms with Crippen LogP contribution in [0.2, 0.25) is 0 Å². The molecule has 4 N–H and O–H groups in total. The van der Waals surface area contributed by atoms with Crippen molar-refractivity contribution in [2.24, 2.45) is 5.73 Å². The molecule has 0 saturated carbocycles. The molecule has 0 bridgehead atoms. The number of anilines is 1. The molecular weight excluding hydrogens is 268 g/mol. The van der Waals surface area contributed by atoms with Crippen LogP contribution in [0.1, 0.15) is 25.7 Å². The first-order chi connectivity index (χ1) is 9.49. The van der Waals surface area contributed by atoms with Gasteiger partial charge in [-0.1, -0.05) is 6.42 Å². The number of primary amides is 1. The van der Waals surface area contributed by atoms with Crippen molar-refractivity contribution in [2.45, 2.75) is 25.7 Å². The van der Waals surface area contributed by atoms with Gasteiger partial charge in [-0.2, -0.15) is 0 Å². The van der Waals surface area contributed by atoms with Crippen molar-refractivity contribution in [3.8, 4) is 0 Å². The normalized spacial score (nSPS) is 10.1. The maximum atomic E-state index is 13.3. The molecule has 0 aliphatic rings. The Morgan fingerprint density at radius 1 is 1.15 bits per heavy atom. The summed E-state index contributed by atoms with van der Waals surface area (Å²) in [7, 11) is 0. The summed E-state index contributed by atoms with van der Waals surface area (Å²) in [6.45, 7) is 0.462. The summed E-state index contributed by atoms with van der Waals surface area (Å²) in [5.74, 6) is -1.83. The van der Waals surface area contributed by atoms with Crippen molar-refractivity contribution in [3.63, 3.8) is 0 Å². The number of urea groups is 1. The fourth-order valence-electron chi connectivity index (χ4n) is 1.60. The van der Waals surface area contributed by atoms with E-state index < -0.39 is 17.7 Å². The van der Waals surface area contributed by atoms with E-state index in [1.807, 2.05) is 0 Å². The summed E-state index contributed by atoms with van der Waals surface area (Å²) < 4.78 is 25.9. The van der Waals surface area contributed by atoms with Gasteiger partial charge in [-0.05, 0) is 25.0 Å². The minimum Gasteiger partial charge on any atom is -0.352 e. The Labute approximate surface area is 115 Å². The zero-order valence-electron chi connectivity index (χ0n) is 10.9. The highest BCUT2D eigenvalue weighted by atomic mass is 19.1. The molecule has 0 heterocycles. The molecule has 1 rings (SSSR count). The summed E-state index contributed by atoms with van der Waals surface area (Å²) >= 11 is 0. The number of benzene rings is 1. The molecule has 0 radical (unpaired) electrons. The fourth-order valence-corrected chi connectivity index (χ4v) is 1.60. The molecule has 0 aromatic heterocycles. The van der Waals surface area contributed by atoms with Crippen molar-refractivity contribution in [1.82, 2.24) is 5.32 Å². The second-order valence-electron chi connectivity index (χ2n) is 4.27. The molecule has 20 heavy (non-hydrogen) atoms. The van der Waals surface area contributed by atoms with Gasteiger partial charge in [-0.25, -0.2) is 13.6 Å². The van der Waals surface area contributed by atoms with Gasteiger partial charge in [0.25, 0.3) is 0 Å². The molecule has 1 aromatic carbocycles. The molecule has 110 valence electrons. The number of nitrogens with one attached hydrogen (secondary N) is 2. The minimum absolute atomic E-state index is 0.0354. The van der Waals surface area contributed by atoms with Crippen LogP contribution >= 0.6 is 0 Å². The third kappa shape index (κ3) is 6.12. The first-order valence-electron chi connectivity index (χ1n) is 6.27. The Hall–Kier alpha value is -2.18. The summed E-state index contributed by atoms with van der Waals surface area (Å²) in [5.41, 5.74) is 4.85. The van der Waals surface area contributed by atoms with Crippen LogP contribution in [0.4, 0.5) is 19.3 Å². The lowest BCUT2D eigenvalue weighted by Crippen LogP contribution is -2.29. The number of rotatable bonds is 7. The smallest absolute Gasteiger partial charge is 0.312 e. The quantitative estimate of drug-likeness (QED) is 0.670. The van der Waals surface area contributed by atoms with Gasteiger partial charge in [0.05, 0.1) is 5.69 Å². The predicted octanol–water partition coefficient (Wildman–Crippen LogP) is 2.13. The van der Waals surface area contributed by atoms with E-state index in [9.17, 15) is 18.4 Å². The Kier molecular flexibility index (Phi) is 6.42. The standard InChI is InChI=1S/C13H17F2N3O2/c14-9-5-6-11(10(15)8-9)18-12(19)4-2-1-3-7-17-13(16)20/h5-6,8H,1-4,7H2,(H,18,19)(H3,16,17,20). The number of hydrogen-bond acceptors (Lipinski definition) is 2. The highest BCUT2D eigenvalue weighted by molar-refractivity contribution is 5.90. The van der Waals surface area contributed by atoms with Crippen LogP contribution in [0.25, 0.3) is 0 Å². The molecule has 1 aromatic rings. The van der Waals surface area contributed by atoms with Crippen LogP contribution in [0.5, 0.6) is 0 Å². The van der Waals surface area contributed by atoms with Gasteiger partial charge in [0.1, 0.15) is 11.6 Å². The molecule has 0 fully saturated rings. The molecule has 7 heteroatoms. The Bertz CT molecular complexity index is 481. The Morgan fingerprint density at radius 2 is 1.90 bits per heavy atom. The largest absolute Gasteiger partial charge is 0.352 e. The maximum absolute atomic E-state index is 13.3. The second-order valence-corrected chi connectivity index (χ2v) is 4.27. The molecule has 0 spiro atoms. The van der Waals surface area contributed by atoms with E-state index >= 15 is 0 Å². The van der Waals surface area contributed by atoms with Crippen molar-refractivity contribution in [1.29, 1.82) is 0 Å². The third-order valence-corrected chi connectivity index (χ3v) is 2.59. The monoisotopic (exact) mass is 285 g/mol. The fraction of sp³-hybridized carbons (Fsp3) is 0.385. The summed E-state index contributed by atoms with van der Waals surface area (Å²) in [6.07, 6.45) is 2.28. The van der Waals surface area contributed by atoms with E-state index in [1.165, 1.54) is 6.07 Å². The first-order valence-corrected chi connectivity index (χ1v) is 6.27. The van der Waals surface area contributed by atoms with Crippen LogP contribution in [-0.4, -0.2) is 18.5 Å². The number of carbonyl (C=O) groups excluding carboxylic acids is 2. The zero-order chi connectivity index (χ0) is 15.0. The second kappa shape index (κ2) is 8.08. The highest BCUT2D eigenvalue weighted by Crippen LogP contribution is 2.15. The number of halogens is 2. The third-order valence-electron chi connectivity index (χ3n) is 2.59. The van der Waals surface area contributed by atoms with Crippen LogP contribution in [0.3, 0.4) is 0 Å². The topological polar surface area (TPSA) is 84.2 Å². The molecule has 0 saturated heterocycles. The van der Waals surface area contributed by atoms with Gasteiger partial charge in [0.2, 0.25) is 5.91 Å². The highest BCUT2D eigenvalue weighted by Gasteiger charge is 2.07. The Balaban J connectivity index is 2.22. The van der Waals surface area contributed by atoms with Crippen LogP contribution in [0.15, 0.2) is 18.2 Å². The van der Waals surface area contributed by atoms with Gasteiger partial charge < -0.3 is 16.4 Å². The van der Waals surface area contributed by atoms with E-state index in [4.69, 9.17) is 5.73 Å². The molecule has 0 aliphatic heterocycles. The van der Waals surface area contributed by atoms with Gasteiger partial charge in [0.15, 0.2) is 0 Å². The number of nitrogens with two attached hydrogens (primary N) is 1. The maximum Gasteiger partial charge on any atom is 0.312 e. The zero-order valence-corrected chi connectivity index (χ0v) is 10.9. The van der Waals surface area contributed by atoms with E-state index in [0.29, 0.717) is 25.5 Å². The first kappa shape index (κ1) is 15.9. The average Bonchev–Trinajstić information content (AvgIpc) is 2.36. The van der Waals surface area contributed by atoms with Crippen molar-refractivity contribution in [3.05, 3.63) is 29.8 Å². The number of carbonyl (C=O) groups is 2. The van der Waals surface area contributed by atoms with E-state index in [1.54, 1.807) is 0 Å². The van der Waals surface area contributed by atoms with Gasteiger partial charge in [-0.3, -0.25) is 4.79 Å². The number of amides is 3. The predicted molar refractivity (Wildman–Crippen MR) is 71.0 cm³/mol. The minimum atomic E-state index is -0.802. The average molecular weight is 285 g/mol. The van der Waals surface area contributed by atoms with Crippen LogP contribution in [0, 0.1) is 11.6 Å². The molecule has 0 unspecified atom stereocenters. The lowest BCUT2D eigenvalue weighted by Gasteiger charge is -2.06. The van der Waals surface area contributed by atoms with E-state index in [-0.39, 0.29) is 18.0 Å². The summed E-state index contributed by atoms with van der Waals surface area (Å²) in [6, 6.07) is 2.40. The molecule has 3 amide bonds. The lowest BCUT2D eigenvalue weighted by atomic mass is 10.2. The lowest BCUT2D eigenvalue weighted by molar-refractivity contribution is -0.116. The summed E-state index contributed by atoms with van der Waals surface area (Å²) in [4.78, 5) is 21.9.